The summed E-state index contributed by atoms with van der Waals surface area (Å²) in [6, 6.07) is 5.28. The zero-order valence-electron chi connectivity index (χ0n) is 16.9. The molecule has 7 nitrogen and oxygen atoms in total. The van der Waals surface area contributed by atoms with E-state index in [1.807, 2.05) is 36.4 Å². The van der Waals surface area contributed by atoms with Crippen molar-refractivity contribution in [2.75, 3.05) is 19.3 Å². The number of aryl methyl sites for hydroxylation is 2. The van der Waals surface area contributed by atoms with E-state index in [9.17, 15) is 13.2 Å². The summed E-state index contributed by atoms with van der Waals surface area (Å²) in [5.74, 6) is 0.0210. The van der Waals surface area contributed by atoms with Crippen LogP contribution in [0.25, 0.3) is 0 Å². The zero-order valence-corrected chi connectivity index (χ0v) is 17.7. The van der Waals surface area contributed by atoms with Crippen molar-refractivity contribution in [3.63, 3.8) is 0 Å². The van der Waals surface area contributed by atoms with Gasteiger partial charge in [0.15, 0.2) is 9.84 Å². The third-order valence-electron chi connectivity index (χ3n) is 5.36. The first-order valence-corrected chi connectivity index (χ1v) is 11.5. The molecule has 1 unspecified atom stereocenters. The van der Waals surface area contributed by atoms with Crippen molar-refractivity contribution in [3.8, 4) is 0 Å². The molecule has 2 aromatic rings. The lowest BCUT2D eigenvalue weighted by Crippen LogP contribution is -2.42. The molecule has 28 heavy (non-hydrogen) atoms. The van der Waals surface area contributed by atoms with Crippen LogP contribution in [0.5, 0.6) is 0 Å². The van der Waals surface area contributed by atoms with Gasteiger partial charge in [-0.25, -0.2) is 8.42 Å². The first-order chi connectivity index (χ1) is 13.2. The smallest absolute Gasteiger partial charge is 0.227 e. The van der Waals surface area contributed by atoms with Crippen molar-refractivity contribution in [2.24, 2.45) is 5.92 Å². The number of piperidine rings is 1. The Morgan fingerprint density at radius 2 is 1.96 bits per heavy atom. The number of carbonyl (C=O) groups excluding carboxylic acids is 1. The maximum Gasteiger partial charge on any atom is 0.227 e. The van der Waals surface area contributed by atoms with Crippen LogP contribution < -0.4 is 0 Å². The minimum atomic E-state index is -3.32. The summed E-state index contributed by atoms with van der Waals surface area (Å²) in [5.41, 5.74) is 2.64. The van der Waals surface area contributed by atoms with Gasteiger partial charge in [-0.05, 0) is 44.9 Å². The van der Waals surface area contributed by atoms with Gasteiger partial charge in [-0.3, -0.25) is 14.5 Å². The lowest BCUT2D eigenvalue weighted by Gasteiger charge is -2.34. The van der Waals surface area contributed by atoms with Crippen LogP contribution >= 0.6 is 0 Å². The molecule has 1 fully saturated rings. The predicted molar refractivity (Wildman–Crippen MR) is 107 cm³/mol. The summed E-state index contributed by atoms with van der Waals surface area (Å²) in [6.45, 7) is 7.68. The van der Waals surface area contributed by atoms with E-state index in [-0.39, 0.29) is 17.7 Å². The number of hydrogen-bond acceptors (Lipinski definition) is 5. The fourth-order valence-corrected chi connectivity index (χ4v) is 4.83. The van der Waals surface area contributed by atoms with Crippen LogP contribution in [0.2, 0.25) is 0 Å². The maximum absolute atomic E-state index is 12.9. The van der Waals surface area contributed by atoms with Crippen molar-refractivity contribution in [1.82, 2.24) is 19.7 Å². The summed E-state index contributed by atoms with van der Waals surface area (Å²) >= 11 is 0. The van der Waals surface area contributed by atoms with Crippen molar-refractivity contribution in [2.45, 2.75) is 51.0 Å². The number of pyridine rings is 1. The molecule has 8 heteroatoms. The fourth-order valence-electron chi connectivity index (χ4n) is 3.91. The fraction of sp³-hybridized carbons (Fsp3) is 0.550. The first-order valence-electron chi connectivity index (χ1n) is 9.61. The Balaban J connectivity index is 1.64. The van der Waals surface area contributed by atoms with E-state index in [2.05, 4.69) is 10.1 Å². The van der Waals surface area contributed by atoms with E-state index in [0.29, 0.717) is 30.2 Å². The number of aromatic nitrogens is 3. The third kappa shape index (κ3) is 4.43. The highest BCUT2D eigenvalue weighted by molar-refractivity contribution is 7.90. The predicted octanol–water partition coefficient (Wildman–Crippen LogP) is 2.34. The number of likely N-dealkylation sites (tertiary alicyclic amines) is 1. The molecule has 0 N–H and O–H groups in total. The molecule has 0 aromatic carbocycles. The Morgan fingerprint density at radius 1 is 1.29 bits per heavy atom. The zero-order chi connectivity index (χ0) is 20.5. The van der Waals surface area contributed by atoms with E-state index in [0.717, 1.165) is 24.2 Å². The number of hydrogen-bond donors (Lipinski definition) is 0. The van der Waals surface area contributed by atoms with E-state index < -0.39 is 9.84 Å². The lowest BCUT2D eigenvalue weighted by molar-refractivity contribution is -0.136. The van der Waals surface area contributed by atoms with Gasteiger partial charge in [-0.15, -0.1) is 0 Å². The second kappa shape index (κ2) is 8.03. The molecule has 0 spiro atoms. The largest absolute Gasteiger partial charge is 0.342 e. The summed E-state index contributed by atoms with van der Waals surface area (Å²) in [6.07, 6.45) is 4.29. The number of carbonyl (C=O) groups is 1. The number of amides is 1. The molecule has 1 aliphatic rings. The van der Waals surface area contributed by atoms with Crippen LogP contribution in [-0.2, 0) is 21.2 Å². The Labute approximate surface area is 166 Å². The normalized spacial score (nSPS) is 16.9. The Bertz CT molecular complexity index is 960. The quantitative estimate of drug-likeness (QED) is 0.764. The van der Waals surface area contributed by atoms with Gasteiger partial charge in [0, 0.05) is 37.2 Å². The second-order valence-corrected chi connectivity index (χ2v) is 9.75. The Kier molecular flexibility index (Phi) is 5.88. The number of rotatable bonds is 5. The molecular weight excluding hydrogens is 376 g/mol. The maximum atomic E-state index is 12.9. The van der Waals surface area contributed by atoms with Crippen molar-refractivity contribution >= 4 is 15.7 Å². The summed E-state index contributed by atoms with van der Waals surface area (Å²) < 4.78 is 26.0. The first kappa shape index (κ1) is 20.5. The van der Waals surface area contributed by atoms with Gasteiger partial charge in [-0.2, -0.15) is 5.10 Å². The van der Waals surface area contributed by atoms with E-state index in [4.69, 9.17) is 0 Å². The lowest BCUT2D eigenvalue weighted by atomic mass is 9.92. The van der Waals surface area contributed by atoms with Crippen LogP contribution in [0.4, 0.5) is 0 Å². The molecule has 0 aliphatic carbocycles. The van der Waals surface area contributed by atoms with Crippen molar-refractivity contribution in [1.29, 1.82) is 0 Å². The van der Waals surface area contributed by atoms with Gasteiger partial charge in [0.05, 0.1) is 28.7 Å². The Morgan fingerprint density at radius 3 is 2.54 bits per heavy atom. The van der Waals surface area contributed by atoms with Crippen LogP contribution in [0.15, 0.2) is 29.3 Å². The summed E-state index contributed by atoms with van der Waals surface area (Å²) in [7, 11) is -3.32. The minimum Gasteiger partial charge on any atom is -0.342 e. The van der Waals surface area contributed by atoms with E-state index in [1.165, 1.54) is 6.26 Å². The molecule has 1 atom stereocenters. The highest BCUT2D eigenvalue weighted by atomic mass is 32.2. The van der Waals surface area contributed by atoms with Gasteiger partial charge in [-0.1, -0.05) is 6.92 Å². The van der Waals surface area contributed by atoms with Gasteiger partial charge in [0.1, 0.15) is 0 Å². The van der Waals surface area contributed by atoms with E-state index in [1.54, 1.807) is 18.3 Å². The van der Waals surface area contributed by atoms with Gasteiger partial charge in [0.25, 0.3) is 0 Å². The molecular formula is C20H28N4O3S. The third-order valence-corrected chi connectivity index (χ3v) is 6.51. The van der Waals surface area contributed by atoms with Crippen LogP contribution in [0.3, 0.4) is 0 Å². The van der Waals surface area contributed by atoms with Crippen LogP contribution in [0.1, 0.15) is 42.8 Å². The second-order valence-electron chi connectivity index (χ2n) is 7.77. The van der Waals surface area contributed by atoms with Gasteiger partial charge >= 0.3 is 0 Å². The van der Waals surface area contributed by atoms with Crippen molar-refractivity contribution < 1.29 is 13.2 Å². The van der Waals surface area contributed by atoms with Gasteiger partial charge < -0.3 is 4.90 Å². The van der Waals surface area contributed by atoms with Crippen molar-refractivity contribution in [3.05, 3.63) is 41.5 Å². The van der Waals surface area contributed by atoms with Crippen LogP contribution in [-0.4, -0.2) is 53.3 Å². The highest BCUT2D eigenvalue weighted by Crippen LogP contribution is 2.31. The van der Waals surface area contributed by atoms with Gasteiger partial charge in [0.2, 0.25) is 5.91 Å². The molecule has 3 rings (SSSR count). The highest BCUT2D eigenvalue weighted by Gasteiger charge is 2.30. The molecule has 0 radical (unpaired) electrons. The number of nitrogens with zero attached hydrogens (tertiary/aromatic N) is 4. The summed E-state index contributed by atoms with van der Waals surface area (Å²) in [5, 5.41) is 4.44. The molecule has 0 bridgehead atoms. The average molecular weight is 405 g/mol. The summed E-state index contributed by atoms with van der Waals surface area (Å²) in [4.78, 5) is 19.4. The minimum absolute atomic E-state index is 0.0568. The monoisotopic (exact) mass is 404 g/mol. The molecule has 152 valence electrons. The molecule has 3 heterocycles. The molecule has 2 aromatic heterocycles. The average Bonchev–Trinajstić information content (AvgIpc) is 2.97. The topological polar surface area (TPSA) is 85.2 Å². The molecule has 1 amide bonds. The molecule has 1 saturated heterocycles. The SMILES string of the molecule is Cc1cc(C)n(CC(C)C(=O)N2CCC(c3ncccc3S(C)(=O)=O)CC2)n1. The van der Waals surface area contributed by atoms with E-state index >= 15 is 0 Å². The number of sulfone groups is 1. The molecule has 1 aliphatic heterocycles. The standard InChI is InChI=1S/C20H28N4O3S/c1-14(13-24-16(3)12-15(2)22-24)20(25)23-10-7-17(8-11-23)19-18(28(4,26)27)6-5-9-21-19/h5-6,9,12,14,17H,7-8,10-11,13H2,1-4H3. The van der Waals surface area contributed by atoms with Crippen LogP contribution in [0, 0.1) is 19.8 Å². The molecule has 0 saturated carbocycles. The Hall–Kier alpha value is -2.22.